The number of benzene rings is 1. The normalized spacial score (nSPS) is 15.5. The van der Waals surface area contributed by atoms with Gasteiger partial charge in [-0.1, -0.05) is 39.3 Å². The third-order valence-corrected chi connectivity index (χ3v) is 7.95. The highest BCUT2D eigenvalue weighted by molar-refractivity contribution is 5.93. The standard InChI is InChI=1S/C33H49N5O/c1-9-11-13-24(3)35-29-25(4)27-16-15-26(22-28(27)36-30(29)34)14-12-17-37-18-20-38(21-19-37)31(39)33(7,8)23-32(5,6)10-2/h2,15-16,22H,9,11-14,17-21,23H2,1,3-8H3,(H2,34,36). The number of nitrogens with two attached hydrogens (primary N) is 1. The highest BCUT2D eigenvalue weighted by atomic mass is 16.2. The second kappa shape index (κ2) is 13.0. The predicted molar refractivity (Wildman–Crippen MR) is 166 cm³/mol. The van der Waals surface area contributed by atoms with Crippen molar-refractivity contribution >= 4 is 34.0 Å². The number of carbonyl (C=O) groups excluding carboxylic acids is 1. The number of hydrogen-bond donors (Lipinski definition) is 1. The van der Waals surface area contributed by atoms with E-state index in [0.29, 0.717) is 12.2 Å². The second-order valence-electron chi connectivity index (χ2n) is 12.6. The number of fused-ring (bicyclic) bond motifs is 1. The molecule has 1 aromatic carbocycles. The molecule has 39 heavy (non-hydrogen) atoms. The van der Waals surface area contributed by atoms with Gasteiger partial charge >= 0.3 is 0 Å². The van der Waals surface area contributed by atoms with Gasteiger partial charge in [0.2, 0.25) is 5.91 Å². The van der Waals surface area contributed by atoms with Crippen molar-refractivity contribution in [3.8, 4) is 12.3 Å². The van der Waals surface area contributed by atoms with E-state index in [9.17, 15) is 4.79 Å². The average Bonchev–Trinajstić information content (AvgIpc) is 2.89. The number of piperazine rings is 1. The number of aryl methyl sites for hydroxylation is 2. The molecule has 1 saturated heterocycles. The van der Waals surface area contributed by atoms with Crippen LogP contribution >= 0.6 is 0 Å². The number of aliphatic imine (C=N–C) groups is 1. The minimum absolute atomic E-state index is 0.216. The molecular formula is C33H49N5O. The largest absolute Gasteiger partial charge is 0.382 e. The Labute approximate surface area is 236 Å². The molecule has 2 aromatic rings. The lowest BCUT2D eigenvalue weighted by Gasteiger charge is -2.40. The van der Waals surface area contributed by atoms with Gasteiger partial charge in [-0.25, -0.2) is 4.98 Å². The van der Waals surface area contributed by atoms with Gasteiger partial charge in [-0.15, -0.1) is 12.3 Å². The molecule has 1 aromatic heterocycles. The maximum atomic E-state index is 13.2. The molecule has 0 atom stereocenters. The maximum absolute atomic E-state index is 13.2. The highest BCUT2D eigenvalue weighted by Gasteiger charge is 2.37. The molecule has 2 heterocycles. The lowest BCUT2D eigenvalue weighted by molar-refractivity contribution is -0.143. The molecular weight excluding hydrogens is 482 g/mol. The molecule has 1 aliphatic rings. The summed E-state index contributed by atoms with van der Waals surface area (Å²) in [4.78, 5) is 27.2. The number of nitrogens with zero attached hydrogens (tertiary/aromatic N) is 4. The van der Waals surface area contributed by atoms with E-state index in [1.54, 1.807) is 0 Å². The number of terminal acetylenes is 1. The first-order valence-corrected chi connectivity index (χ1v) is 14.6. The first-order valence-electron chi connectivity index (χ1n) is 14.6. The van der Waals surface area contributed by atoms with Crippen molar-refractivity contribution in [3.05, 3.63) is 29.3 Å². The first-order chi connectivity index (χ1) is 18.4. The fourth-order valence-electron chi connectivity index (χ4n) is 5.81. The summed E-state index contributed by atoms with van der Waals surface area (Å²) in [5, 5.41) is 1.12. The Morgan fingerprint density at radius 3 is 2.49 bits per heavy atom. The van der Waals surface area contributed by atoms with Gasteiger partial charge < -0.3 is 10.6 Å². The van der Waals surface area contributed by atoms with Crippen LogP contribution in [0.4, 0.5) is 11.5 Å². The van der Waals surface area contributed by atoms with E-state index in [2.05, 4.69) is 49.8 Å². The summed E-state index contributed by atoms with van der Waals surface area (Å²) in [5.41, 5.74) is 10.8. The summed E-state index contributed by atoms with van der Waals surface area (Å²) in [6.07, 6.45) is 11.7. The molecule has 1 fully saturated rings. The lowest BCUT2D eigenvalue weighted by Crippen LogP contribution is -2.52. The van der Waals surface area contributed by atoms with Gasteiger partial charge in [-0.05, 0) is 83.5 Å². The zero-order chi connectivity index (χ0) is 28.8. The van der Waals surface area contributed by atoms with Gasteiger partial charge in [0.25, 0.3) is 0 Å². The predicted octanol–water partition coefficient (Wildman–Crippen LogP) is 6.56. The number of nitrogen functional groups attached to an aromatic ring is 1. The number of amides is 1. The van der Waals surface area contributed by atoms with E-state index in [4.69, 9.17) is 22.1 Å². The Morgan fingerprint density at radius 1 is 1.15 bits per heavy atom. The van der Waals surface area contributed by atoms with Gasteiger partial charge in [0, 0.05) is 48.1 Å². The SMILES string of the molecule is C#CC(C)(C)CC(C)(C)C(=O)N1CCN(CCCc2ccc3c(C)c(N=C(C)CCCC)c(N)nc3c2)CC1. The van der Waals surface area contributed by atoms with Crippen molar-refractivity contribution in [2.45, 2.75) is 87.0 Å². The minimum Gasteiger partial charge on any atom is -0.382 e. The molecule has 6 heteroatoms. The molecule has 212 valence electrons. The Bertz CT molecular complexity index is 1230. The number of rotatable bonds is 11. The van der Waals surface area contributed by atoms with Crippen LogP contribution in [0.2, 0.25) is 0 Å². The zero-order valence-electron chi connectivity index (χ0n) is 25.4. The van der Waals surface area contributed by atoms with Crippen LogP contribution in [0.5, 0.6) is 0 Å². The van der Waals surface area contributed by atoms with Crippen molar-refractivity contribution in [3.63, 3.8) is 0 Å². The van der Waals surface area contributed by atoms with Crippen LogP contribution in [0, 0.1) is 30.1 Å². The third kappa shape index (κ3) is 8.05. The van der Waals surface area contributed by atoms with Crippen molar-refractivity contribution in [1.29, 1.82) is 0 Å². The van der Waals surface area contributed by atoms with E-state index >= 15 is 0 Å². The molecule has 0 unspecified atom stereocenters. The number of anilines is 1. The van der Waals surface area contributed by atoms with Crippen molar-refractivity contribution in [2.24, 2.45) is 15.8 Å². The maximum Gasteiger partial charge on any atom is 0.228 e. The number of pyridine rings is 1. The van der Waals surface area contributed by atoms with Crippen LogP contribution in [-0.2, 0) is 11.2 Å². The average molecular weight is 532 g/mol. The van der Waals surface area contributed by atoms with Crippen molar-refractivity contribution in [2.75, 3.05) is 38.5 Å². The second-order valence-corrected chi connectivity index (χ2v) is 12.6. The Hall–Kier alpha value is -2.91. The molecule has 2 N–H and O–H groups in total. The van der Waals surface area contributed by atoms with Gasteiger partial charge in [0.15, 0.2) is 0 Å². The smallest absolute Gasteiger partial charge is 0.228 e. The molecule has 0 bridgehead atoms. The van der Waals surface area contributed by atoms with E-state index in [0.717, 1.165) is 92.7 Å². The summed E-state index contributed by atoms with van der Waals surface area (Å²) in [7, 11) is 0. The number of hydrogen-bond acceptors (Lipinski definition) is 5. The lowest BCUT2D eigenvalue weighted by atomic mass is 9.74. The van der Waals surface area contributed by atoms with Crippen LogP contribution in [0.15, 0.2) is 23.2 Å². The van der Waals surface area contributed by atoms with E-state index in [-0.39, 0.29) is 11.3 Å². The topological polar surface area (TPSA) is 74.8 Å². The number of unbranched alkanes of at least 4 members (excludes halogenated alkanes) is 1. The summed E-state index contributed by atoms with van der Waals surface area (Å²) in [6, 6.07) is 6.55. The summed E-state index contributed by atoms with van der Waals surface area (Å²) < 4.78 is 0. The van der Waals surface area contributed by atoms with Crippen molar-refractivity contribution in [1.82, 2.24) is 14.8 Å². The number of carbonyl (C=O) groups is 1. The van der Waals surface area contributed by atoms with Crippen LogP contribution in [0.1, 0.15) is 84.8 Å². The van der Waals surface area contributed by atoms with Crippen LogP contribution < -0.4 is 5.73 Å². The third-order valence-electron chi connectivity index (χ3n) is 7.95. The van der Waals surface area contributed by atoms with Crippen LogP contribution in [-0.4, -0.2) is 59.1 Å². The number of aromatic nitrogens is 1. The van der Waals surface area contributed by atoms with Gasteiger partial charge in [0.05, 0.1) is 5.52 Å². The van der Waals surface area contributed by atoms with E-state index < -0.39 is 5.41 Å². The summed E-state index contributed by atoms with van der Waals surface area (Å²) in [5.74, 6) is 3.56. The molecule has 1 amide bonds. The molecule has 6 nitrogen and oxygen atoms in total. The minimum atomic E-state index is -0.453. The zero-order valence-corrected chi connectivity index (χ0v) is 25.4. The highest BCUT2D eigenvalue weighted by Crippen LogP contribution is 2.35. The molecule has 0 radical (unpaired) electrons. The van der Waals surface area contributed by atoms with Crippen LogP contribution in [0.25, 0.3) is 10.9 Å². The monoisotopic (exact) mass is 531 g/mol. The van der Waals surface area contributed by atoms with Gasteiger partial charge in [-0.2, -0.15) is 0 Å². The van der Waals surface area contributed by atoms with E-state index in [1.807, 2.05) is 32.6 Å². The van der Waals surface area contributed by atoms with Gasteiger partial charge in [0.1, 0.15) is 11.5 Å². The summed E-state index contributed by atoms with van der Waals surface area (Å²) in [6.45, 7) is 18.9. The molecule has 0 saturated carbocycles. The van der Waals surface area contributed by atoms with Gasteiger partial charge in [-0.3, -0.25) is 14.7 Å². The van der Waals surface area contributed by atoms with Crippen LogP contribution in [0.3, 0.4) is 0 Å². The fraction of sp³-hybridized carbons (Fsp3) is 0.606. The Kier molecular flexibility index (Phi) is 10.2. The Balaban J connectivity index is 1.54. The van der Waals surface area contributed by atoms with Crippen molar-refractivity contribution < 1.29 is 4.79 Å². The van der Waals surface area contributed by atoms with E-state index in [1.165, 1.54) is 5.56 Å². The quantitative estimate of drug-likeness (QED) is 0.263. The first kappa shape index (κ1) is 30.6. The molecule has 0 aliphatic carbocycles. The molecule has 0 spiro atoms. The fourth-order valence-corrected chi connectivity index (χ4v) is 5.81. The Morgan fingerprint density at radius 2 is 1.85 bits per heavy atom. The summed E-state index contributed by atoms with van der Waals surface area (Å²) >= 11 is 0. The molecule has 3 rings (SSSR count). The molecule has 1 aliphatic heterocycles.